The number of nitrogens with one attached hydrogen (secondary N) is 2. The molecule has 6 nitrogen and oxygen atoms in total. The summed E-state index contributed by atoms with van der Waals surface area (Å²) >= 11 is 0. The van der Waals surface area contributed by atoms with Gasteiger partial charge in [0.05, 0.1) is 17.7 Å². The van der Waals surface area contributed by atoms with Crippen LogP contribution >= 0.6 is 0 Å². The number of rotatable bonds is 5. The van der Waals surface area contributed by atoms with Crippen LogP contribution in [0, 0.1) is 18.3 Å². The SMILES string of the molecule is Cc1cccc(CC(=O)Nc2ccc(Nc3ccccc3C#N)nn2)c1. The summed E-state index contributed by atoms with van der Waals surface area (Å²) in [5.74, 6) is 0.714. The number of anilines is 3. The molecule has 1 aromatic heterocycles. The molecule has 0 saturated heterocycles. The van der Waals surface area contributed by atoms with Crippen LogP contribution in [-0.4, -0.2) is 16.1 Å². The van der Waals surface area contributed by atoms with Crippen molar-refractivity contribution in [3.8, 4) is 6.07 Å². The third-order valence-corrected chi connectivity index (χ3v) is 3.69. The number of para-hydroxylation sites is 1. The fourth-order valence-electron chi connectivity index (χ4n) is 2.49. The molecule has 0 atom stereocenters. The van der Waals surface area contributed by atoms with Gasteiger partial charge in [-0.05, 0) is 36.8 Å². The highest BCUT2D eigenvalue weighted by molar-refractivity contribution is 5.91. The molecule has 6 heteroatoms. The quantitative estimate of drug-likeness (QED) is 0.739. The molecular formula is C20H17N5O. The molecule has 0 saturated carbocycles. The Kier molecular flexibility index (Phi) is 5.20. The fourth-order valence-corrected chi connectivity index (χ4v) is 2.49. The average Bonchev–Trinajstić information content (AvgIpc) is 2.64. The average molecular weight is 343 g/mol. The summed E-state index contributed by atoms with van der Waals surface area (Å²) in [7, 11) is 0. The van der Waals surface area contributed by atoms with Crippen molar-refractivity contribution < 1.29 is 4.79 Å². The van der Waals surface area contributed by atoms with Gasteiger partial charge in [-0.2, -0.15) is 5.26 Å². The molecule has 0 aliphatic carbocycles. The summed E-state index contributed by atoms with van der Waals surface area (Å²) in [5.41, 5.74) is 3.23. The van der Waals surface area contributed by atoms with Gasteiger partial charge in [0.25, 0.3) is 0 Å². The molecule has 3 aromatic rings. The monoisotopic (exact) mass is 343 g/mol. The lowest BCUT2D eigenvalue weighted by Crippen LogP contribution is -2.15. The van der Waals surface area contributed by atoms with E-state index in [0.29, 0.717) is 22.9 Å². The van der Waals surface area contributed by atoms with Gasteiger partial charge < -0.3 is 10.6 Å². The first-order valence-electron chi connectivity index (χ1n) is 8.09. The van der Waals surface area contributed by atoms with E-state index in [1.807, 2.05) is 37.3 Å². The molecule has 2 aromatic carbocycles. The zero-order chi connectivity index (χ0) is 18.4. The van der Waals surface area contributed by atoms with Crippen LogP contribution in [0.3, 0.4) is 0 Å². The molecule has 1 heterocycles. The number of hydrogen-bond acceptors (Lipinski definition) is 5. The van der Waals surface area contributed by atoms with Gasteiger partial charge in [-0.3, -0.25) is 4.79 Å². The lowest BCUT2D eigenvalue weighted by molar-refractivity contribution is -0.115. The van der Waals surface area contributed by atoms with E-state index in [1.54, 1.807) is 30.3 Å². The number of benzene rings is 2. The minimum Gasteiger partial charge on any atom is -0.338 e. The van der Waals surface area contributed by atoms with Crippen LogP contribution in [0.4, 0.5) is 17.3 Å². The number of carbonyl (C=O) groups is 1. The van der Waals surface area contributed by atoms with Crippen LogP contribution in [0.15, 0.2) is 60.7 Å². The smallest absolute Gasteiger partial charge is 0.229 e. The van der Waals surface area contributed by atoms with Gasteiger partial charge in [0.1, 0.15) is 6.07 Å². The number of nitriles is 1. The Bertz CT molecular complexity index is 960. The third-order valence-electron chi connectivity index (χ3n) is 3.69. The zero-order valence-corrected chi connectivity index (χ0v) is 14.2. The second-order valence-electron chi connectivity index (χ2n) is 5.80. The highest BCUT2D eigenvalue weighted by Gasteiger charge is 2.07. The van der Waals surface area contributed by atoms with Crippen molar-refractivity contribution >= 4 is 23.2 Å². The summed E-state index contributed by atoms with van der Waals surface area (Å²) in [6.45, 7) is 1.99. The van der Waals surface area contributed by atoms with E-state index in [2.05, 4.69) is 26.9 Å². The van der Waals surface area contributed by atoms with Gasteiger partial charge in [0.15, 0.2) is 11.6 Å². The van der Waals surface area contributed by atoms with E-state index < -0.39 is 0 Å². The van der Waals surface area contributed by atoms with Gasteiger partial charge in [-0.15, -0.1) is 10.2 Å². The van der Waals surface area contributed by atoms with Gasteiger partial charge in [0, 0.05) is 0 Å². The van der Waals surface area contributed by atoms with Crippen molar-refractivity contribution in [3.63, 3.8) is 0 Å². The van der Waals surface area contributed by atoms with Crippen LogP contribution in [0.25, 0.3) is 0 Å². The van der Waals surface area contributed by atoms with Gasteiger partial charge in [-0.1, -0.05) is 42.0 Å². The molecule has 0 bridgehead atoms. The Labute approximate surface area is 151 Å². The minimum absolute atomic E-state index is 0.152. The number of amides is 1. The van der Waals surface area contributed by atoms with Crippen molar-refractivity contribution in [1.29, 1.82) is 5.26 Å². The van der Waals surface area contributed by atoms with Crippen LogP contribution in [0.2, 0.25) is 0 Å². The Balaban J connectivity index is 1.62. The zero-order valence-electron chi connectivity index (χ0n) is 14.2. The summed E-state index contributed by atoms with van der Waals surface area (Å²) in [4.78, 5) is 12.1. The van der Waals surface area contributed by atoms with Gasteiger partial charge in [0.2, 0.25) is 5.91 Å². The fraction of sp³-hybridized carbons (Fsp3) is 0.100. The Morgan fingerprint density at radius 2 is 1.81 bits per heavy atom. The Morgan fingerprint density at radius 1 is 1.04 bits per heavy atom. The van der Waals surface area contributed by atoms with Gasteiger partial charge in [-0.25, -0.2) is 0 Å². The van der Waals surface area contributed by atoms with Crippen molar-refractivity contribution in [1.82, 2.24) is 10.2 Å². The van der Waals surface area contributed by atoms with Crippen LogP contribution in [0.1, 0.15) is 16.7 Å². The number of hydrogen-bond donors (Lipinski definition) is 2. The van der Waals surface area contributed by atoms with Crippen molar-refractivity contribution in [2.24, 2.45) is 0 Å². The number of nitrogens with zero attached hydrogens (tertiary/aromatic N) is 3. The molecule has 128 valence electrons. The topological polar surface area (TPSA) is 90.7 Å². The maximum absolute atomic E-state index is 12.1. The van der Waals surface area contributed by atoms with E-state index in [0.717, 1.165) is 11.1 Å². The predicted octanol–water partition coefficient (Wildman–Crippen LogP) is 3.58. The first-order valence-corrected chi connectivity index (χ1v) is 8.09. The minimum atomic E-state index is -0.152. The van der Waals surface area contributed by atoms with Crippen LogP contribution < -0.4 is 10.6 Å². The van der Waals surface area contributed by atoms with E-state index >= 15 is 0 Å². The van der Waals surface area contributed by atoms with E-state index in [4.69, 9.17) is 5.26 Å². The highest BCUT2D eigenvalue weighted by atomic mass is 16.1. The molecule has 1 amide bonds. The molecule has 0 fully saturated rings. The van der Waals surface area contributed by atoms with Crippen LogP contribution in [-0.2, 0) is 11.2 Å². The molecule has 26 heavy (non-hydrogen) atoms. The molecular weight excluding hydrogens is 326 g/mol. The standard InChI is InChI=1S/C20H17N5O/c1-14-5-4-6-15(11-14)12-20(26)23-19-10-9-18(24-25-19)22-17-8-3-2-7-16(17)13-21/h2-11H,12H2,1H3,(H,22,24)(H,23,25,26). The largest absolute Gasteiger partial charge is 0.338 e. The lowest BCUT2D eigenvalue weighted by atomic mass is 10.1. The molecule has 0 spiro atoms. The second kappa shape index (κ2) is 7.90. The molecule has 2 N–H and O–H groups in total. The molecule has 0 aliphatic rings. The normalized spacial score (nSPS) is 10.0. The number of carbonyl (C=O) groups excluding carboxylic acids is 1. The van der Waals surface area contributed by atoms with E-state index in [-0.39, 0.29) is 12.3 Å². The summed E-state index contributed by atoms with van der Waals surface area (Å²) in [6.07, 6.45) is 0.277. The van der Waals surface area contributed by atoms with Crippen molar-refractivity contribution in [2.75, 3.05) is 10.6 Å². The Hall–Kier alpha value is -3.72. The Morgan fingerprint density at radius 3 is 2.54 bits per heavy atom. The van der Waals surface area contributed by atoms with E-state index in [9.17, 15) is 4.79 Å². The first-order chi connectivity index (χ1) is 12.6. The lowest BCUT2D eigenvalue weighted by Gasteiger charge is -2.08. The summed E-state index contributed by atoms with van der Waals surface area (Å²) in [5, 5.41) is 22.9. The number of aryl methyl sites for hydroxylation is 1. The van der Waals surface area contributed by atoms with E-state index in [1.165, 1.54) is 0 Å². The molecule has 0 radical (unpaired) electrons. The highest BCUT2D eigenvalue weighted by Crippen LogP contribution is 2.18. The first kappa shape index (κ1) is 17.1. The third kappa shape index (κ3) is 4.42. The van der Waals surface area contributed by atoms with Crippen molar-refractivity contribution in [3.05, 3.63) is 77.4 Å². The van der Waals surface area contributed by atoms with Crippen LogP contribution in [0.5, 0.6) is 0 Å². The van der Waals surface area contributed by atoms with Crippen molar-refractivity contribution in [2.45, 2.75) is 13.3 Å². The van der Waals surface area contributed by atoms with Gasteiger partial charge >= 0.3 is 0 Å². The summed E-state index contributed by atoms with van der Waals surface area (Å²) < 4.78 is 0. The second-order valence-corrected chi connectivity index (χ2v) is 5.80. The molecule has 0 aliphatic heterocycles. The molecule has 0 unspecified atom stereocenters. The maximum Gasteiger partial charge on any atom is 0.229 e. The summed E-state index contributed by atoms with van der Waals surface area (Å²) in [6, 6.07) is 20.4. The maximum atomic E-state index is 12.1. The predicted molar refractivity (Wildman–Crippen MR) is 100.0 cm³/mol. The number of aromatic nitrogens is 2. The molecule has 3 rings (SSSR count).